The van der Waals surface area contributed by atoms with E-state index in [0.717, 1.165) is 22.3 Å². The van der Waals surface area contributed by atoms with E-state index in [2.05, 4.69) is 60.7 Å². The normalized spacial score (nSPS) is 12.9. The summed E-state index contributed by atoms with van der Waals surface area (Å²) >= 11 is 0. The van der Waals surface area contributed by atoms with E-state index in [1.165, 1.54) is 0 Å². The summed E-state index contributed by atoms with van der Waals surface area (Å²) in [6.45, 7) is 15.0. The predicted molar refractivity (Wildman–Crippen MR) is 161 cm³/mol. The van der Waals surface area contributed by atoms with E-state index in [-0.39, 0.29) is 0 Å². The van der Waals surface area contributed by atoms with Crippen LogP contribution < -0.4 is 0 Å². The van der Waals surface area contributed by atoms with Crippen LogP contribution in [-0.4, -0.2) is 57.3 Å². The highest BCUT2D eigenvalue weighted by Gasteiger charge is 2.38. The molecule has 0 unspecified atom stereocenters. The Morgan fingerprint density at radius 1 is 0.395 bits per heavy atom. The van der Waals surface area contributed by atoms with Crippen molar-refractivity contribution >= 4 is 41.9 Å². The zero-order valence-corrected chi connectivity index (χ0v) is 25.8. The Morgan fingerprint density at radius 2 is 0.605 bits per heavy atom. The molecule has 0 aliphatic rings. The summed E-state index contributed by atoms with van der Waals surface area (Å²) in [7, 11) is -5.61. The molecule has 0 bridgehead atoms. The van der Waals surface area contributed by atoms with Crippen LogP contribution in [-0.2, 0) is 26.6 Å². The van der Waals surface area contributed by atoms with Crippen molar-refractivity contribution in [3.63, 3.8) is 0 Å². The van der Waals surface area contributed by atoms with Gasteiger partial charge in [-0.15, -0.1) is 0 Å². The van der Waals surface area contributed by atoms with Crippen LogP contribution in [0.5, 0.6) is 0 Å². The van der Waals surface area contributed by atoms with Crippen molar-refractivity contribution in [2.45, 2.75) is 41.5 Å². The first kappa shape index (κ1) is 32.1. The summed E-state index contributed by atoms with van der Waals surface area (Å²) < 4.78 is 35.4. The molecule has 0 fully saturated rings. The molecule has 2 aromatic carbocycles. The molecule has 0 aliphatic carbocycles. The largest absolute Gasteiger partial charge is 0.529 e. The zero-order valence-electron chi connectivity index (χ0n) is 23.8. The van der Waals surface area contributed by atoms with Crippen molar-refractivity contribution in [1.29, 1.82) is 0 Å². The molecule has 208 valence electrons. The van der Waals surface area contributed by atoms with E-state index in [1.54, 1.807) is 0 Å². The van der Waals surface area contributed by atoms with Gasteiger partial charge >= 0.3 is 17.6 Å². The van der Waals surface area contributed by atoms with Crippen LogP contribution in [0.25, 0.3) is 24.3 Å². The summed E-state index contributed by atoms with van der Waals surface area (Å²) in [5, 5.41) is 0. The van der Waals surface area contributed by atoms with Crippen molar-refractivity contribution in [1.82, 2.24) is 0 Å². The average molecular weight is 557 g/mol. The summed E-state index contributed by atoms with van der Waals surface area (Å²) in [5.41, 5.74) is 8.31. The highest BCUT2D eigenvalue weighted by atomic mass is 28.4. The molecule has 0 heterocycles. The highest BCUT2D eigenvalue weighted by Crippen LogP contribution is 2.18. The third kappa shape index (κ3) is 10.5. The molecule has 0 aliphatic heterocycles. The van der Waals surface area contributed by atoms with E-state index in [1.807, 2.05) is 65.1 Å². The van der Waals surface area contributed by atoms with Gasteiger partial charge in [0.05, 0.1) is 0 Å². The molecular weight excluding hydrogens is 512 g/mol. The van der Waals surface area contributed by atoms with Crippen LogP contribution in [0.3, 0.4) is 0 Å². The Hall–Kier alpha value is -2.15. The summed E-state index contributed by atoms with van der Waals surface area (Å²) in [4.78, 5) is 0. The van der Waals surface area contributed by atoms with Gasteiger partial charge in [-0.1, -0.05) is 72.8 Å². The Balaban J connectivity index is 2.07. The standard InChI is InChI=1S/C30H44O6Si2/c1-7-31-37(32-8-2,33-9-3)25-23-29-19-15-27(16-20-29)13-14-28-17-21-30(22-18-28)24-26-38(34-10-4,35-11-5)36-12-6/h13-26H,7-12H2,1-6H3/b14-13+,25-23+,26-24+. The van der Waals surface area contributed by atoms with Crippen molar-refractivity contribution in [3.8, 4) is 0 Å². The first-order valence-electron chi connectivity index (χ1n) is 13.6. The Labute approximate surface area is 231 Å². The maximum atomic E-state index is 5.89. The minimum absolute atomic E-state index is 0.549. The molecule has 0 saturated carbocycles. The molecule has 6 nitrogen and oxygen atoms in total. The quantitative estimate of drug-likeness (QED) is 0.145. The van der Waals surface area contributed by atoms with Crippen LogP contribution in [0.1, 0.15) is 63.8 Å². The number of hydrogen-bond donors (Lipinski definition) is 0. The molecular formula is C30H44O6Si2. The lowest BCUT2D eigenvalue weighted by molar-refractivity contribution is 0.0837. The van der Waals surface area contributed by atoms with Crippen molar-refractivity contribution in [3.05, 3.63) is 82.2 Å². The molecule has 0 amide bonds. The maximum absolute atomic E-state index is 5.89. The third-order valence-corrected chi connectivity index (χ3v) is 10.7. The highest BCUT2D eigenvalue weighted by molar-refractivity contribution is 6.67. The van der Waals surface area contributed by atoms with Gasteiger partial charge in [-0.2, -0.15) is 0 Å². The van der Waals surface area contributed by atoms with Crippen LogP contribution in [0.2, 0.25) is 0 Å². The van der Waals surface area contributed by atoms with E-state index in [4.69, 9.17) is 26.6 Å². The van der Waals surface area contributed by atoms with Crippen LogP contribution in [0.4, 0.5) is 0 Å². The fraction of sp³-hybridized carbons (Fsp3) is 0.400. The molecule has 0 atom stereocenters. The zero-order chi connectivity index (χ0) is 27.7. The van der Waals surface area contributed by atoms with Gasteiger partial charge in [-0.3, -0.25) is 0 Å². The van der Waals surface area contributed by atoms with Gasteiger partial charge in [0.1, 0.15) is 0 Å². The Bertz CT molecular complexity index is 887. The molecule has 38 heavy (non-hydrogen) atoms. The minimum Gasteiger partial charge on any atom is -0.371 e. The van der Waals surface area contributed by atoms with Gasteiger partial charge in [-0.05, 0) is 75.2 Å². The first-order chi connectivity index (χ1) is 18.5. The molecule has 0 spiro atoms. The second-order valence-corrected chi connectivity index (χ2v) is 13.0. The maximum Gasteiger partial charge on any atom is 0.529 e. The molecule has 0 aromatic heterocycles. The van der Waals surface area contributed by atoms with Gasteiger partial charge in [0.25, 0.3) is 0 Å². The second kappa shape index (κ2) is 17.4. The van der Waals surface area contributed by atoms with E-state index in [0.29, 0.717) is 39.6 Å². The van der Waals surface area contributed by atoms with E-state index < -0.39 is 17.6 Å². The molecule has 0 saturated heterocycles. The van der Waals surface area contributed by atoms with Crippen molar-refractivity contribution in [2.75, 3.05) is 39.6 Å². The van der Waals surface area contributed by atoms with Gasteiger partial charge in [-0.25, -0.2) is 0 Å². The minimum atomic E-state index is -2.80. The Kier molecular flexibility index (Phi) is 14.7. The lowest BCUT2D eigenvalue weighted by Gasteiger charge is -2.25. The van der Waals surface area contributed by atoms with Crippen LogP contribution >= 0.6 is 0 Å². The SMILES string of the molecule is CCO[Si](/C=C/c1ccc(/C=C/c2ccc(/C=C/[Si](OCC)(OCC)OCC)cc2)cc1)(OCC)OCC. The van der Waals surface area contributed by atoms with Crippen LogP contribution in [0.15, 0.2) is 59.9 Å². The summed E-state index contributed by atoms with van der Waals surface area (Å²) in [6, 6.07) is 16.7. The fourth-order valence-electron chi connectivity index (χ4n) is 3.77. The third-order valence-electron chi connectivity index (χ3n) is 5.37. The first-order valence-corrected chi connectivity index (χ1v) is 17.2. The fourth-order valence-corrected chi connectivity index (χ4v) is 8.06. The monoisotopic (exact) mass is 556 g/mol. The van der Waals surface area contributed by atoms with Gasteiger partial charge in [0.2, 0.25) is 0 Å². The number of benzene rings is 2. The van der Waals surface area contributed by atoms with E-state index in [9.17, 15) is 0 Å². The second-order valence-electron chi connectivity index (χ2n) is 8.14. The average Bonchev–Trinajstić information content (AvgIpc) is 2.92. The van der Waals surface area contributed by atoms with Gasteiger partial charge < -0.3 is 26.6 Å². The van der Waals surface area contributed by atoms with Crippen molar-refractivity contribution < 1.29 is 26.6 Å². The predicted octanol–water partition coefficient (Wildman–Crippen LogP) is 7.06. The molecule has 2 aromatic rings. The molecule has 0 radical (unpaired) electrons. The lowest BCUT2D eigenvalue weighted by atomic mass is 10.1. The molecule has 2 rings (SSSR count). The lowest BCUT2D eigenvalue weighted by Crippen LogP contribution is -2.44. The Morgan fingerprint density at radius 3 is 0.816 bits per heavy atom. The molecule has 8 heteroatoms. The smallest absolute Gasteiger partial charge is 0.371 e. The topological polar surface area (TPSA) is 55.4 Å². The van der Waals surface area contributed by atoms with Crippen molar-refractivity contribution in [2.24, 2.45) is 0 Å². The number of hydrogen-bond acceptors (Lipinski definition) is 6. The van der Waals surface area contributed by atoms with Crippen LogP contribution in [0, 0.1) is 0 Å². The summed E-state index contributed by atoms with van der Waals surface area (Å²) in [6.07, 6.45) is 8.25. The van der Waals surface area contributed by atoms with Gasteiger partial charge in [0.15, 0.2) is 0 Å². The number of rotatable bonds is 18. The van der Waals surface area contributed by atoms with Gasteiger partial charge in [0, 0.05) is 39.6 Å². The summed E-state index contributed by atoms with van der Waals surface area (Å²) in [5.74, 6) is 0. The molecule has 0 N–H and O–H groups in total. The van der Waals surface area contributed by atoms with E-state index >= 15 is 0 Å².